The van der Waals surface area contributed by atoms with E-state index in [4.69, 9.17) is 14.2 Å². The molecule has 0 aliphatic rings. The van der Waals surface area contributed by atoms with Gasteiger partial charge in [-0.1, -0.05) is 44.2 Å². The Morgan fingerprint density at radius 2 is 1.62 bits per heavy atom. The fourth-order valence-electron chi connectivity index (χ4n) is 1.76. The van der Waals surface area contributed by atoms with E-state index in [9.17, 15) is 9.59 Å². The Labute approximate surface area is 143 Å². The molecule has 0 bridgehead atoms. The minimum absolute atomic E-state index is 0.284. The summed E-state index contributed by atoms with van der Waals surface area (Å²) in [7, 11) is 0. The standard InChI is InChI=1S/C19H24O5/c1-5-22-19(23-6-2)16(20)12-13-17(24-18(21)14(3)4)15-10-8-7-9-11-15/h7-11,14,17,19H,5-6H2,1-4H3. The molecule has 24 heavy (non-hydrogen) atoms. The average molecular weight is 332 g/mol. The van der Waals surface area contributed by atoms with Crippen LogP contribution in [0.5, 0.6) is 0 Å². The molecule has 1 atom stereocenters. The Morgan fingerprint density at radius 1 is 1.04 bits per heavy atom. The van der Waals surface area contributed by atoms with Gasteiger partial charge in [0, 0.05) is 18.8 Å². The second-order valence-corrected chi connectivity index (χ2v) is 5.26. The molecule has 1 rings (SSSR count). The van der Waals surface area contributed by atoms with Gasteiger partial charge in [0.1, 0.15) is 0 Å². The third kappa shape index (κ3) is 6.53. The first-order valence-electron chi connectivity index (χ1n) is 8.03. The van der Waals surface area contributed by atoms with Crippen LogP contribution in [-0.2, 0) is 23.8 Å². The molecule has 0 spiro atoms. The zero-order valence-electron chi connectivity index (χ0n) is 14.6. The average Bonchev–Trinajstić information content (AvgIpc) is 2.58. The Kier molecular flexibility index (Phi) is 8.77. The molecule has 0 amide bonds. The minimum atomic E-state index is -1.02. The highest BCUT2D eigenvalue weighted by Crippen LogP contribution is 2.18. The van der Waals surface area contributed by atoms with Crippen molar-refractivity contribution in [2.75, 3.05) is 13.2 Å². The topological polar surface area (TPSA) is 61.8 Å². The Hall–Kier alpha value is -2.16. The van der Waals surface area contributed by atoms with E-state index in [0.29, 0.717) is 18.8 Å². The summed E-state index contributed by atoms with van der Waals surface area (Å²) < 4.78 is 15.8. The van der Waals surface area contributed by atoms with E-state index in [0.717, 1.165) is 0 Å². The van der Waals surface area contributed by atoms with Gasteiger partial charge in [-0.3, -0.25) is 9.59 Å². The quantitative estimate of drug-likeness (QED) is 0.317. The number of carbonyl (C=O) groups is 2. The van der Waals surface area contributed by atoms with Crippen LogP contribution in [0.3, 0.4) is 0 Å². The van der Waals surface area contributed by atoms with Gasteiger partial charge in [-0.25, -0.2) is 0 Å². The van der Waals surface area contributed by atoms with E-state index >= 15 is 0 Å². The van der Waals surface area contributed by atoms with Crippen molar-refractivity contribution in [3.8, 4) is 11.8 Å². The number of ketones is 1. The highest BCUT2D eigenvalue weighted by Gasteiger charge is 2.19. The molecule has 5 nitrogen and oxygen atoms in total. The van der Waals surface area contributed by atoms with Crippen molar-refractivity contribution < 1.29 is 23.8 Å². The molecule has 5 heteroatoms. The molecular formula is C19H24O5. The maximum atomic E-state index is 12.1. The van der Waals surface area contributed by atoms with Crippen molar-refractivity contribution in [3.63, 3.8) is 0 Å². The third-order valence-corrected chi connectivity index (χ3v) is 2.98. The lowest BCUT2D eigenvalue weighted by Crippen LogP contribution is -2.26. The molecule has 130 valence electrons. The van der Waals surface area contributed by atoms with Crippen LogP contribution in [0.1, 0.15) is 39.4 Å². The van der Waals surface area contributed by atoms with Crippen LogP contribution in [0.25, 0.3) is 0 Å². The highest BCUT2D eigenvalue weighted by atomic mass is 16.7. The first-order valence-corrected chi connectivity index (χ1v) is 8.03. The van der Waals surface area contributed by atoms with Gasteiger partial charge in [-0.15, -0.1) is 0 Å². The molecule has 0 aliphatic heterocycles. The van der Waals surface area contributed by atoms with Crippen LogP contribution in [0.4, 0.5) is 0 Å². The zero-order chi connectivity index (χ0) is 17.9. The molecule has 0 radical (unpaired) electrons. The summed E-state index contributed by atoms with van der Waals surface area (Å²) in [6.45, 7) is 7.69. The van der Waals surface area contributed by atoms with Crippen LogP contribution in [0.15, 0.2) is 30.3 Å². The van der Waals surface area contributed by atoms with E-state index in [-0.39, 0.29) is 11.9 Å². The second kappa shape index (κ2) is 10.6. The number of carbonyl (C=O) groups excluding carboxylic acids is 2. The summed E-state index contributed by atoms with van der Waals surface area (Å²) in [5.74, 6) is 4.03. The molecule has 0 N–H and O–H groups in total. The van der Waals surface area contributed by atoms with E-state index in [1.807, 2.05) is 18.2 Å². The van der Waals surface area contributed by atoms with E-state index < -0.39 is 18.2 Å². The summed E-state index contributed by atoms with van der Waals surface area (Å²) in [4.78, 5) is 24.0. The van der Waals surface area contributed by atoms with Gasteiger partial charge in [0.2, 0.25) is 6.29 Å². The third-order valence-electron chi connectivity index (χ3n) is 2.98. The number of ether oxygens (including phenoxy) is 3. The van der Waals surface area contributed by atoms with E-state index in [1.165, 1.54) is 0 Å². The summed E-state index contributed by atoms with van der Waals surface area (Å²) in [5.41, 5.74) is 0.705. The second-order valence-electron chi connectivity index (χ2n) is 5.26. The number of benzene rings is 1. The van der Waals surface area contributed by atoms with Gasteiger partial charge in [-0.05, 0) is 25.7 Å². The lowest BCUT2D eigenvalue weighted by Gasteiger charge is -2.15. The van der Waals surface area contributed by atoms with Gasteiger partial charge in [0.05, 0.1) is 5.92 Å². The van der Waals surface area contributed by atoms with Gasteiger partial charge >= 0.3 is 5.97 Å². The number of Topliss-reactive ketones (excluding diaryl/α,β-unsaturated/α-hetero) is 1. The fraction of sp³-hybridized carbons (Fsp3) is 0.474. The summed E-state index contributed by atoms with van der Waals surface area (Å²) in [6, 6.07) is 9.07. The van der Waals surface area contributed by atoms with Gasteiger partial charge in [-0.2, -0.15) is 0 Å². The number of esters is 1. The molecule has 0 heterocycles. The van der Waals surface area contributed by atoms with Gasteiger partial charge in [0.25, 0.3) is 5.78 Å². The summed E-state index contributed by atoms with van der Waals surface area (Å²) >= 11 is 0. The molecule has 1 unspecified atom stereocenters. The normalized spacial score (nSPS) is 11.8. The van der Waals surface area contributed by atoms with Crippen LogP contribution >= 0.6 is 0 Å². The van der Waals surface area contributed by atoms with Gasteiger partial charge in [0.15, 0.2) is 6.10 Å². The first kappa shape index (κ1) is 19.9. The van der Waals surface area contributed by atoms with Crippen molar-refractivity contribution in [1.29, 1.82) is 0 Å². The lowest BCUT2D eigenvalue weighted by molar-refractivity contribution is -0.162. The monoisotopic (exact) mass is 332 g/mol. The Balaban J connectivity index is 2.96. The molecule has 0 fully saturated rings. The smallest absolute Gasteiger partial charge is 0.309 e. The predicted molar refractivity (Wildman–Crippen MR) is 89.9 cm³/mol. The zero-order valence-corrected chi connectivity index (χ0v) is 14.6. The SMILES string of the molecule is CCOC(OCC)C(=O)C#CC(OC(=O)C(C)C)c1ccccc1. The maximum Gasteiger partial charge on any atom is 0.309 e. The van der Waals surface area contributed by atoms with Crippen molar-refractivity contribution in [1.82, 2.24) is 0 Å². The fourth-order valence-corrected chi connectivity index (χ4v) is 1.76. The Bertz CT molecular complexity index is 577. The van der Waals surface area contributed by atoms with Crippen LogP contribution in [0.2, 0.25) is 0 Å². The van der Waals surface area contributed by atoms with E-state index in [1.54, 1.807) is 39.8 Å². The largest absolute Gasteiger partial charge is 0.444 e. The first-order chi connectivity index (χ1) is 11.5. The van der Waals surface area contributed by atoms with Crippen molar-refractivity contribution in [2.45, 2.75) is 40.1 Å². The molecule has 0 aromatic heterocycles. The molecule has 0 aliphatic carbocycles. The highest BCUT2D eigenvalue weighted by molar-refractivity contribution is 5.98. The predicted octanol–water partition coefficient (Wildman–Crippen LogP) is 2.90. The summed E-state index contributed by atoms with van der Waals surface area (Å²) in [5, 5.41) is 0. The van der Waals surface area contributed by atoms with Crippen molar-refractivity contribution in [2.24, 2.45) is 5.92 Å². The molecule has 0 saturated heterocycles. The van der Waals surface area contributed by atoms with Crippen molar-refractivity contribution in [3.05, 3.63) is 35.9 Å². The van der Waals surface area contributed by atoms with Crippen LogP contribution < -0.4 is 0 Å². The molecule has 1 aromatic rings. The number of rotatable bonds is 8. The van der Waals surface area contributed by atoms with Gasteiger partial charge < -0.3 is 14.2 Å². The number of hydrogen-bond acceptors (Lipinski definition) is 5. The lowest BCUT2D eigenvalue weighted by atomic mass is 10.1. The molecule has 0 saturated carbocycles. The van der Waals surface area contributed by atoms with Crippen molar-refractivity contribution >= 4 is 11.8 Å². The van der Waals surface area contributed by atoms with Crippen LogP contribution in [0, 0.1) is 17.8 Å². The maximum absolute atomic E-state index is 12.1. The Morgan fingerprint density at radius 3 is 2.12 bits per heavy atom. The molecular weight excluding hydrogens is 308 g/mol. The summed E-state index contributed by atoms with van der Waals surface area (Å²) in [6.07, 6.45) is -1.83. The van der Waals surface area contributed by atoms with Crippen LogP contribution in [-0.4, -0.2) is 31.3 Å². The van der Waals surface area contributed by atoms with E-state index in [2.05, 4.69) is 11.8 Å². The minimum Gasteiger partial charge on any atom is -0.444 e. The number of hydrogen-bond donors (Lipinski definition) is 0. The molecule has 1 aromatic carbocycles.